The van der Waals surface area contributed by atoms with Gasteiger partial charge in [0.2, 0.25) is 5.89 Å². The Morgan fingerprint density at radius 2 is 2.03 bits per heavy atom. The molecular formula is C24H23N5O2. The lowest BCUT2D eigenvalue weighted by molar-refractivity contribution is 0.102. The van der Waals surface area contributed by atoms with E-state index in [2.05, 4.69) is 20.2 Å². The highest BCUT2D eigenvalue weighted by Gasteiger charge is 2.21. The topological polar surface area (TPSA) is 97.3 Å². The number of anilines is 2. The number of carbonyl (C=O) groups is 1. The molecule has 0 saturated carbocycles. The molecule has 1 saturated heterocycles. The van der Waals surface area contributed by atoms with Crippen molar-refractivity contribution in [3.63, 3.8) is 0 Å². The number of piperidine rings is 1. The van der Waals surface area contributed by atoms with E-state index in [1.54, 1.807) is 12.4 Å². The molecule has 1 amide bonds. The molecular weight excluding hydrogens is 390 g/mol. The molecule has 7 nitrogen and oxygen atoms in total. The summed E-state index contributed by atoms with van der Waals surface area (Å²) in [6.45, 7) is 1.65. The molecule has 1 atom stereocenters. The minimum atomic E-state index is -0.342. The predicted octanol–water partition coefficient (Wildman–Crippen LogP) is 4.07. The van der Waals surface area contributed by atoms with Gasteiger partial charge in [0.15, 0.2) is 5.69 Å². The third kappa shape index (κ3) is 3.87. The summed E-state index contributed by atoms with van der Waals surface area (Å²) in [4.78, 5) is 23.7. The van der Waals surface area contributed by atoms with Crippen LogP contribution in [-0.4, -0.2) is 35.0 Å². The number of fused-ring (bicyclic) bond motifs is 1. The van der Waals surface area contributed by atoms with Crippen molar-refractivity contribution in [2.45, 2.75) is 18.9 Å². The SMILES string of the molecule is N[C@H]1CCCN(c2ccncc2NC(=O)c2coc(-c3cccc4ccccc34)n2)C1. The van der Waals surface area contributed by atoms with Crippen molar-refractivity contribution in [1.82, 2.24) is 9.97 Å². The van der Waals surface area contributed by atoms with Gasteiger partial charge in [-0.05, 0) is 35.7 Å². The molecule has 156 valence electrons. The first-order valence-corrected chi connectivity index (χ1v) is 10.4. The quantitative estimate of drug-likeness (QED) is 0.523. The second kappa shape index (κ2) is 8.20. The van der Waals surface area contributed by atoms with Gasteiger partial charge in [0.05, 0.1) is 17.6 Å². The monoisotopic (exact) mass is 413 g/mol. The molecule has 0 spiro atoms. The molecule has 0 radical (unpaired) electrons. The highest BCUT2D eigenvalue weighted by molar-refractivity contribution is 6.05. The molecule has 2 aromatic carbocycles. The van der Waals surface area contributed by atoms with E-state index < -0.39 is 0 Å². The van der Waals surface area contributed by atoms with E-state index in [0.29, 0.717) is 11.6 Å². The van der Waals surface area contributed by atoms with E-state index in [9.17, 15) is 4.79 Å². The molecule has 2 aromatic heterocycles. The molecule has 31 heavy (non-hydrogen) atoms. The largest absolute Gasteiger partial charge is 0.444 e. The summed E-state index contributed by atoms with van der Waals surface area (Å²) in [6, 6.07) is 16.0. The summed E-state index contributed by atoms with van der Waals surface area (Å²) in [7, 11) is 0. The van der Waals surface area contributed by atoms with Crippen LogP contribution in [-0.2, 0) is 0 Å². The van der Waals surface area contributed by atoms with Crippen LogP contribution < -0.4 is 16.0 Å². The molecule has 0 unspecified atom stereocenters. The van der Waals surface area contributed by atoms with Crippen molar-refractivity contribution in [3.8, 4) is 11.5 Å². The Hall–Kier alpha value is -3.71. The fraction of sp³-hybridized carbons (Fsp3) is 0.208. The Morgan fingerprint density at radius 3 is 2.94 bits per heavy atom. The molecule has 4 aromatic rings. The van der Waals surface area contributed by atoms with Crippen molar-refractivity contribution < 1.29 is 9.21 Å². The third-order valence-electron chi connectivity index (χ3n) is 5.60. The molecule has 0 aliphatic carbocycles. The fourth-order valence-electron chi connectivity index (χ4n) is 4.09. The van der Waals surface area contributed by atoms with Gasteiger partial charge >= 0.3 is 0 Å². The van der Waals surface area contributed by atoms with Crippen LogP contribution in [0.25, 0.3) is 22.2 Å². The molecule has 1 aliphatic heterocycles. The van der Waals surface area contributed by atoms with Crippen molar-refractivity contribution in [2.75, 3.05) is 23.3 Å². The summed E-state index contributed by atoms with van der Waals surface area (Å²) in [6.07, 6.45) is 6.80. The minimum Gasteiger partial charge on any atom is -0.444 e. The first-order chi connectivity index (χ1) is 15.2. The van der Waals surface area contributed by atoms with Crippen LogP contribution in [0.3, 0.4) is 0 Å². The van der Waals surface area contributed by atoms with E-state index in [1.807, 2.05) is 48.5 Å². The van der Waals surface area contributed by atoms with Crippen molar-refractivity contribution in [3.05, 3.63) is 72.9 Å². The van der Waals surface area contributed by atoms with Gasteiger partial charge in [-0.3, -0.25) is 9.78 Å². The van der Waals surface area contributed by atoms with Crippen LogP contribution in [0, 0.1) is 0 Å². The highest BCUT2D eigenvalue weighted by Crippen LogP contribution is 2.30. The average molecular weight is 413 g/mol. The lowest BCUT2D eigenvalue weighted by atomic mass is 10.0. The number of nitrogens with one attached hydrogen (secondary N) is 1. The van der Waals surface area contributed by atoms with Gasteiger partial charge in [-0.25, -0.2) is 4.98 Å². The maximum absolute atomic E-state index is 12.9. The van der Waals surface area contributed by atoms with Crippen LogP contribution in [0.15, 0.2) is 71.6 Å². The lowest BCUT2D eigenvalue weighted by Crippen LogP contribution is -2.43. The van der Waals surface area contributed by atoms with Gasteiger partial charge in [-0.1, -0.05) is 36.4 Å². The van der Waals surface area contributed by atoms with Gasteiger partial charge in [-0.15, -0.1) is 0 Å². The van der Waals surface area contributed by atoms with Gasteiger partial charge in [0.1, 0.15) is 6.26 Å². The van der Waals surface area contributed by atoms with Crippen LogP contribution in [0.1, 0.15) is 23.3 Å². The molecule has 0 bridgehead atoms. The van der Waals surface area contributed by atoms with Gasteiger partial charge in [-0.2, -0.15) is 0 Å². The van der Waals surface area contributed by atoms with Crippen LogP contribution in [0.4, 0.5) is 11.4 Å². The van der Waals surface area contributed by atoms with E-state index in [1.165, 1.54) is 6.26 Å². The summed E-state index contributed by atoms with van der Waals surface area (Å²) < 4.78 is 5.66. The van der Waals surface area contributed by atoms with Gasteiger partial charge in [0.25, 0.3) is 5.91 Å². The second-order valence-corrected chi connectivity index (χ2v) is 7.76. The number of hydrogen-bond donors (Lipinski definition) is 2. The highest BCUT2D eigenvalue weighted by atomic mass is 16.3. The molecule has 1 fully saturated rings. The Kier molecular flexibility index (Phi) is 5.09. The second-order valence-electron chi connectivity index (χ2n) is 7.76. The van der Waals surface area contributed by atoms with Crippen LogP contribution in [0.2, 0.25) is 0 Å². The standard InChI is InChI=1S/C24H23N5O2/c25-17-7-4-12-29(14-17)22-10-11-26-13-20(22)27-23(30)21-15-31-24(28-21)19-9-3-6-16-5-1-2-8-18(16)19/h1-3,5-6,8-11,13,15,17H,4,7,12,14,25H2,(H,27,30)/t17-/m0/s1. The number of benzene rings is 2. The third-order valence-corrected chi connectivity index (χ3v) is 5.60. The normalized spacial score (nSPS) is 16.4. The number of hydrogen-bond acceptors (Lipinski definition) is 6. The summed E-state index contributed by atoms with van der Waals surface area (Å²) in [5, 5.41) is 5.04. The molecule has 3 heterocycles. The van der Waals surface area contributed by atoms with E-state index in [0.717, 1.165) is 48.0 Å². The Labute approximate surface area is 179 Å². The zero-order valence-electron chi connectivity index (χ0n) is 17.0. The van der Waals surface area contributed by atoms with Crippen LogP contribution >= 0.6 is 0 Å². The van der Waals surface area contributed by atoms with Crippen molar-refractivity contribution >= 4 is 28.1 Å². The molecule has 7 heteroatoms. The van der Waals surface area contributed by atoms with Crippen LogP contribution in [0.5, 0.6) is 0 Å². The molecule has 1 aliphatic rings. The van der Waals surface area contributed by atoms with Crippen molar-refractivity contribution in [1.29, 1.82) is 0 Å². The number of rotatable bonds is 4. The Morgan fingerprint density at radius 1 is 1.16 bits per heavy atom. The maximum atomic E-state index is 12.9. The zero-order chi connectivity index (χ0) is 21.2. The smallest absolute Gasteiger partial charge is 0.277 e. The fourth-order valence-corrected chi connectivity index (χ4v) is 4.09. The zero-order valence-corrected chi connectivity index (χ0v) is 17.0. The maximum Gasteiger partial charge on any atom is 0.277 e. The number of oxazole rings is 1. The number of pyridine rings is 1. The van der Waals surface area contributed by atoms with Gasteiger partial charge < -0.3 is 20.4 Å². The first-order valence-electron chi connectivity index (χ1n) is 10.4. The Bertz CT molecular complexity index is 1230. The summed E-state index contributed by atoms with van der Waals surface area (Å²) in [5.41, 5.74) is 8.75. The average Bonchev–Trinajstić information content (AvgIpc) is 3.29. The van der Waals surface area contributed by atoms with E-state index in [-0.39, 0.29) is 17.6 Å². The predicted molar refractivity (Wildman–Crippen MR) is 121 cm³/mol. The number of nitrogens with two attached hydrogens (primary N) is 1. The van der Waals surface area contributed by atoms with E-state index >= 15 is 0 Å². The number of amides is 1. The molecule has 3 N–H and O–H groups in total. The Balaban J connectivity index is 1.40. The number of aromatic nitrogens is 2. The van der Waals surface area contributed by atoms with Gasteiger partial charge in [0, 0.05) is 30.9 Å². The van der Waals surface area contributed by atoms with E-state index in [4.69, 9.17) is 10.2 Å². The lowest BCUT2D eigenvalue weighted by Gasteiger charge is -2.33. The van der Waals surface area contributed by atoms with Crippen molar-refractivity contribution in [2.24, 2.45) is 5.73 Å². The molecule has 5 rings (SSSR count). The summed E-state index contributed by atoms with van der Waals surface area (Å²) >= 11 is 0. The first kappa shape index (κ1) is 19.3. The number of carbonyl (C=O) groups excluding carboxylic acids is 1. The number of nitrogens with zero attached hydrogens (tertiary/aromatic N) is 3. The summed E-state index contributed by atoms with van der Waals surface area (Å²) in [5.74, 6) is 0.0705. The minimum absolute atomic E-state index is 0.129.